The van der Waals surface area contributed by atoms with Gasteiger partial charge in [0, 0.05) is 24.7 Å². The van der Waals surface area contributed by atoms with Crippen molar-refractivity contribution in [2.75, 3.05) is 19.8 Å². The molecule has 128 valence electrons. The van der Waals surface area contributed by atoms with Crippen LogP contribution in [0.1, 0.15) is 67.0 Å². The van der Waals surface area contributed by atoms with Gasteiger partial charge in [0.2, 0.25) is 11.8 Å². The van der Waals surface area contributed by atoms with Gasteiger partial charge in [0.15, 0.2) is 0 Å². The lowest BCUT2D eigenvalue weighted by molar-refractivity contribution is -0.0113. The van der Waals surface area contributed by atoms with Crippen molar-refractivity contribution >= 4 is 5.91 Å². The van der Waals surface area contributed by atoms with Crippen molar-refractivity contribution < 1.29 is 13.9 Å². The van der Waals surface area contributed by atoms with Gasteiger partial charge in [-0.05, 0) is 25.0 Å². The number of rotatable bonds is 4. The smallest absolute Gasteiger partial charge is 0.271 e. The Bertz CT molecular complexity index is 732. The highest BCUT2D eigenvalue weighted by Gasteiger charge is 2.36. The van der Waals surface area contributed by atoms with Crippen LogP contribution in [0, 0.1) is 0 Å². The Hall–Kier alpha value is -2.15. The van der Waals surface area contributed by atoms with Crippen LogP contribution in [-0.2, 0) is 4.74 Å². The molecule has 0 radical (unpaired) electrons. The summed E-state index contributed by atoms with van der Waals surface area (Å²) in [5.41, 5.74) is 0.730. The van der Waals surface area contributed by atoms with E-state index in [0.717, 1.165) is 18.5 Å². The standard InChI is InChI=1S/C17H22N4O3/c1-11(2)15-18-19-16(24-15)14-10-23-9-8-21(14)17(22)13-4-3-7-20(13)12-5-6-12/h3-4,7,11-12,14H,5-6,8-10H2,1-2H3/t14-/m1/s1. The summed E-state index contributed by atoms with van der Waals surface area (Å²) in [7, 11) is 0. The van der Waals surface area contributed by atoms with Gasteiger partial charge in [-0.25, -0.2) is 0 Å². The number of ether oxygens (including phenoxy) is 1. The second-order valence-corrected chi connectivity index (χ2v) is 6.75. The van der Waals surface area contributed by atoms with Gasteiger partial charge in [0.05, 0.1) is 13.2 Å². The molecule has 1 saturated carbocycles. The Labute approximate surface area is 140 Å². The van der Waals surface area contributed by atoms with Gasteiger partial charge in [-0.3, -0.25) is 4.79 Å². The molecule has 1 aliphatic heterocycles. The Morgan fingerprint density at radius 1 is 1.33 bits per heavy atom. The summed E-state index contributed by atoms with van der Waals surface area (Å²) in [6, 6.07) is 3.97. The molecule has 0 spiro atoms. The quantitative estimate of drug-likeness (QED) is 0.861. The van der Waals surface area contributed by atoms with Gasteiger partial charge in [-0.1, -0.05) is 13.8 Å². The third-order valence-electron chi connectivity index (χ3n) is 4.56. The molecule has 0 aromatic carbocycles. The summed E-state index contributed by atoms with van der Waals surface area (Å²) in [5.74, 6) is 1.21. The number of carbonyl (C=O) groups is 1. The van der Waals surface area contributed by atoms with E-state index < -0.39 is 0 Å². The molecule has 1 aliphatic carbocycles. The van der Waals surface area contributed by atoms with E-state index in [1.165, 1.54) is 0 Å². The van der Waals surface area contributed by atoms with Crippen LogP contribution < -0.4 is 0 Å². The lowest BCUT2D eigenvalue weighted by Gasteiger charge is -2.33. The summed E-state index contributed by atoms with van der Waals surface area (Å²) < 4.78 is 13.4. The third kappa shape index (κ3) is 2.73. The SMILES string of the molecule is CC(C)c1nnc([C@H]2COCCN2C(=O)c2cccn2C2CC2)o1. The van der Waals surface area contributed by atoms with Crippen LogP contribution in [0.4, 0.5) is 0 Å². The summed E-state index contributed by atoms with van der Waals surface area (Å²) in [4.78, 5) is 14.9. The number of carbonyl (C=O) groups excluding carboxylic acids is 1. The maximum Gasteiger partial charge on any atom is 0.271 e. The first-order valence-electron chi connectivity index (χ1n) is 8.54. The zero-order valence-corrected chi connectivity index (χ0v) is 14.0. The van der Waals surface area contributed by atoms with Crippen molar-refractivity contribution in [1.29, 1.82) is 0 Å². The van der Waals surface area contributed by atoms with Gasteiger partial charge in [-0.2, -0.15) is 0 Å². The molecule has 1 atom stereocenters. The van der Waals surface area contributed by atoms with E-state index in [-0.39, 0.29) is 17.9 Å². The highest BCUT2D eigenvalue weighted by molar-refractivity contribution is 5.93. The minimum Gasteiger partial charge on any atom is -0.423 e. The molecule has 2 aromatic heterocycles. The predicted octanol–water partition coefficient (Wildman–Crippen LogP) is 2.54. The van der Waals surface area contributed by atoms with Crippen LogP contribution in [0.25, 0.3) is 0 Å². The van der Waals surface area contributed by atoms with Crippen molar-refractivity contribution in [3.63, 3.8) is 0 Å². The minimum atomic E-state index is -0.325. The van der Waals surface area contributed by atoms with E-state index in [1.54, 1.807) is 4.90 Å². The summed E-state index contributed by atoms with van der Waals surface area (Å²) in [5, 5.41) is 8.24. The lowest BCUT2D eigenvalue weighted by Crippen LogP contribution is -2.44. The molecule has 2 fully saturated rings. The highest BCUT2D eigenvalue weighted by atomic mass is 16.5. The number of morpholine rings is 1. The first kappa shape index (κ1) is 15.4. The molecule has 24 heavy (non-hydrogen) atoms. The number of hydrogen-bond donors (Lipinski definition) is 0. The van der Waals surface area contributed by atoms with Crippen molar-refractivity contribution in [3.8, 4) is 0 Å². The van der Waals surface area contributed by atoms with Crippen LogP contribution in [0.5, 0.6) is 0 Å². The third-order valence-corrected chi connectivity index (χ3v) is 4.56. The Kier molecular flexibility index (Phi) is 3.88. The molecule has 0 unspecified atom stereocenters. The summed E-state index contributed by atoms with van der Waals surface area (Å²) in [6.07, 6.45) is 4.27. The molecule has 7 nitrogen and oxygen atoms in total. The van der Waals surface area contributed by atoms with Crippen molar-refractivity contribution in [2.24, 2.45) is 0 Å². The second-order valence-electron chi connectivity index (χ2n) is 6.75. The topological polar surface area (TPSA) is 73.4 Å². The molecule has 2 aromatic rings. The van der Waals surface area contributed by atoms with E-state index >= 15 is 0 Å². The molecule has 2 aliphatic rings. The maximum atomic E-state index is 13.1. The predicted molar refractivity (Wildman–Crippen MR) is 85.7 cm³/mol. The summed E-state index contributed by atoms with van der Waals surface area (Å²) in [6.45, 7) is 5.44. The molecular weight excluding hydrogens is 308 g/mol. The van der Waals surface area contributed by atoms with E-state index in [9.17, 15) is 4.79 Å². The van der Waals surface area contributed by atoms with Crippen LogP contribution in [0.15, 0.2) is 22.7 Å². The normalized spacial score (nSPS) is 21.5. The van der Waals surface area contributed by atoms with Crippen molar-refractivity contribution in [2.45, 2.75) is 44.7 Å². The van der Waals surface area contributed by atoms with Crippen LogP contribution in [0.2, 0.25) is 0 Å². The Morgan fingerprint density at radius 3 is 2.88 bits per heavy atom. The van der Waals surface area contributed by atoms with Crippen LogP contribution >= 0.6 is 0 Å². The molecule has 4 rings (SSSR count). The largest absolute Gasteiger partial charge is 0.423 e. The number of aromatic nitrogens is 3. The van der Waals surface area contributed by atoms with Gasteiger partial charge < -0.3 is 18.6 Å². The molecule has 0 bridgehead atoms. The fourth-order valence-corrected chi connectivity index (χ4v) is 3.06. The number of nitrogens with zero attached hydrogens (tertiary/aromatic N) is 4. The number of hydrogen-bond acceptors (Lipinski definition) is 5. The first-order valence-corrected chi connectivity index (χ1v) is 8.54. The second kappa shape index (κ2) is 6.05. The average molecular weight is 330 g/mol. The minimum absolute atomic E-state index is 0.00416. The van der Waals surface area contributed by atoms with Crippen LogP contribution in [-0.4, -0.2) is 45.3 Å². The fourth-order valence-electron chi connectivity index (χ4n) is 3.06. The van der Waals surface area contributed by atoms with E-state index in [4.69, 9.17) is 9.15 Å². The molecular formula is C17H22N4O3. The van der Waals surface area contributed by atoms with Crippen molar-refractivity contribution in [3.05, 3.63) is 35.8 Å². The lowest BCUT2D eigenvalue weighted by atomic mass is 10.2. The van der Waals surface area contributed by atoms with Gasteiger partial charge in [-0.15, -0.1) is 10.2 Å². The highest BCUT2D eigenvalue weighted by Crippen LogP contribution is 2.37. The molecule has 3 heterocycles. The first-order chi connectivity index (χ1) is 11.6. The average Bonchev–Trinajstić information content (AvgIpc) is 3.13. The van der Waals surface area contributed by atoms with Gasteiger partial charge in [0.1, 0.15) is 11.7 Å². The van der Waals surface area contributed by atoms with Crippen LogP contribution in [0.3, 0.4) is 0 Å². The Morgan fingerprint density at radius 2 is 2.17 bits per heavy atom. The zero-order valence-electron chi connectivity index (χ0n) is 14.0. The summed E-state index contributed by atoms with van der Waals surface area (Å²) >= 11 is 0. The van der Waals surface area contributed by atoms with Gasteiger partial charge in [0.25, 0.3) is 5.91 Å². The fraction of sp³-hybridized carbons (Fsp3) is 0.588. The van der Waals surface area contributed by atoms with Gasteiger partial charge >= 0.3 is 0 Å². The van der Waals surface area contributed by atoms with E-state index in [0.29, 0.717) is 37.6 Å². The van der Waals surface area contributed by atoms with E-state index in [1.807, 2.05) is 32.2 Å². The van der Waals surface area contributed by atoms with E-state index in [2.05, 4.69) is 14.8 Å². The molecule has 7 heteroatoms. The molecule has 1 amide bonds. The van der Waals surface area contributed by atoms with Crippen molar-refractivity contribution in [1.82, 2.24) is 19.7 Å². The monoisotopic (exact) mass is 330 g/mol. The Balaban J connectivity index is 1.61. The maximum absolute atomic E-state index is 13.1. The number of amides is 1. The molecule has 1 saturated heterocycles. The zero-order chi connectivity index (χ0) is 16.7. The molecule has 0 N–H and O–H groups in total.